The van der Waals surface area contributed by atoms with Gasteiger partial charge in [0.05, 0.1) is 0 Å². The number of aromatic nitrogens is 1. The van der Waals surface area contributed by atoms with Crippen LogP contribution in [0.25, 0.3) is 0 Å². The maximum atomic E-state index is 12.4. The number of hydrogen-bond donors (Lipinski definition) is 1. The predicted molar refractivity (Wildman–Crippen MR) is 48.9 cm³/mol. The first-order valence-corrected chi connectivity index (χ1v) is 4.12. The fourth-order valence-corrected chi connectivity index (χ4v) is 1.14. The van der Waals surface area contributed by atoms with Crippen LogP contribution in [-0.4, -0.2) is 15.1 Å². The molecule has 1 aromatic heterocycles. The Bertz CT molecular complexity index is 514. The lowest BCUT2D eigenvalue weighted by atomic mass is 10.2. The average molecular weight is 253 g/mol. The van der Waals surface area contributed by atoms with E-state index in [1.807, 2.05) is 0 Å². The summed E-state index contributed by atoms with van der Waals surface area (Å²) in [5.41, 5.74) is -3.01. The normalized spacial score (nSPS) is 10.5. The Kier molecular flexibility index (Phi) is 3.33. The van der Waals surface area contributed by atoms with E-state index in [0.29, 0.717) is 6.07 Å². The van der Waals surface area contributed by atoms with Crippen molar-refractivity contribution < 1.29 is 18.5 Å². The minimum atomic E-state index is -3.20. The van der Waals surface area contributed by atoms with E-state index in [0.717, 1.165) is 0 Å². The van der Waals surface area contributed by atoms with Crippen molar-refractivity contribution >= 4 is 22.7 Å². The first-order valence-electron chi connectivity index (χ1n) is 3.74. The highest BCUT2D eigenvalue weighted by atomic mass is 35.5. The van der Waals surface area contributed by atoms with E-state index in [-0.39, 0.29) is 0 Å². The fraction of sp³-hybridized carbons (Fsp3) is 0.143. The van der Waals surface area contributed by atoms with Crippen LogP contribution in [0, 0.1) is 10.1 Å². The lowest BCUT2D eigenvalue weighted by Crippen LogP contribution is -2.18. The van der Waals surface area contributed by atoms with Crippen molar-refractivity contribution in [2.45, 2.75) is 6.43 Å². The Labute approximate surface area is 91.0 Å². The summed E-state index contributed by atoms with van der Waals surface area (Å²) in [6.07, 6.45) is -3.20. The molecular weight excluding hydrogens is 250 g/mol. The molecule has 0 saturated carbocycles. The minimum absolute atomic E-state index is 0.414. The molecule has 16 heavy (non-hydrogen) atoms. The molecule has 6 nitrogen and oxygen atoms in total. The number of nitrogens with zero attached hydrogens (tertiary/aromatic N) is 1. The van der Waals surface area contributed by atoms with E-state index >= 15 is 0 Å². The van der Waals surface area contributed by atoms with Crippen LogP contribution in [0.2, 0.25) is 0 Å². The SMILES string of the molecule is O=C(Cl)c1cc(C(F)F)c([N+](=O)[O-])[nH]c1=O. The number of halogens is 3. The van der Waals surface area contributed by atoms with E-state index in [1.54, 1.807) is 4.98 Å². The smallest absolute Gasteiger partial charge is 0.344 e. The molecule has 0 bridgehead atoms. The topological polar surface area (TPSA) is 93.1 Å². The Morgan fingerprint density at radius 2 is 2.12 bits per heavy atom. The number of pyridine rings is 1. The fourth-order valence-electron chi connectivity index (χ4n) is 1.000. The highest BCUT2D eigenvalue weighted by Gasteiger charge is 2.25. The minimum Gasteiger partial charge on any atom is -0.358 e. The second-order valence-electron chi connectivity index (χ2n) is 2.65. The van der Waals surface area contributed by atoms with Gasteiger partial charge in [0.25, 0.3) is 11.7 Å². The van der Waals surface area contributed by atoms with Gasteiger partial charge in [0.2, 0.25) is 0 Å². The quantitative estimate of drug-likeness (QED) is 0.502. The molecule has 86 valence electrons. The summed E-state index contributed by atoms with van der Waals surface area (Å²) < 4.78 is 24.8. The number of rotatable bonds is 3. The Balaban J connectivity index is 3.56. The van der Waals surface area contributed by atoms with Gasteiger partial charge in [0.15, 0.2) is 0 Å². The van der Waals surface area contributed by atoms with Crippen LogP contribution in [0.3, 0.4) is 0 Å². The van der Waals surface area contributed by atoms with E-state index in [1.165, 1.54) is 0 Å². The molecule has 0 radical (unpaired) electrons. The number of hydrogen-bond acceptors (Lipinski definition) is 4. The third-order valence-electron chi connectivity index (χ3n) is 1.68. The first-order chi connectivity index (χ1) is 7.34. The Morgan fingerprint density at radius 3 is 2.50 bits per heavy atom. The molecule has 9 heteroatoms. The highest BCUT2D eigenvalue weighted by Crippen LogP contribution is 2.26. The first kappa shape index (κ1) is 12.2. The summed E-state index contributed by atoms with van der Waals surface area (Å²) in [6, 6.07) is 0.414. The summed E-state index contributed by atoms with van der Waals surface area (Å²) >= 11 is 4.94. The van der Waals surface area contributed by atoms with Gasteiger partial charge < -0.3 is 10.1 Å². The Hall–Kier alpha value is -1.83. The van der Waals surface area contributed by atoms with E-state index in [2.05, 4.69) is 0 Å². The maximum absolute atomic E-state index is 12.4. The Morgan fingerprint density at radius 1 is 1.56 bits per heavy atom. The third kappa shape index (κ3) is 2.22. The van der Waals surface area contributed by atoms with Gasteiger partial charge in [0, 0.05) is 0 Å². The van der Waals surface area contributed by atoms with Crippen LogP contribution >= 0.6 is 11.6 Å². The van der Waals surface area contributed by atoms with Crippen molar-refractivity contribution in [3.8, 4) is 0 Å². The molecule has 0 fully saturated rings. The average Bonchev–Trinajstić information content (AvgIpc) is 2.15. The number of H-pyrrole nitrogens is 1. The summed E-state index contributed by atoms with van der Waals surface area (Å²) in [6.45, 7) is 0. The zero-order chi connectivity index (χ0) is 12.5. The molecule has 0 aliphatic rings. The van der Waals surface area contributed by atoms with Crippen LogP contribution in [-0.2, 0) is 0 Å². The van der Waals surface area contributed by atoms with Crippen LogP contribution in [0.4, 0.5) is 14.6 Å². The molecular formula is C7H3ClF2N2O4. The number of alkyl halides is 2. The lowest BCUT2D eigenvalue weighted by molar-refractivity contribution is -0.391. The lowest BCUT2D eigenvalue weighted by Gasteiger charge is -2.02. The molecule has 1 N–H and O–H groups in total. The van der Waals surface area contributed by atoms with E-state index < -0.39 is 39.1 Å². The van der Waals surface area contributed by atoms with Crippen molar-refractivity contribution in [1.29, 1.82) is 0 Å². The summed E-state index contributed by atoms with van der Waals surface area (Å²) in [4.78, 5) is 32.4. The summed E-state index contributed by atoms with van der Waals surface area (Å²) in [7, 11) is 0. The van der Waals surface area contributed by atoms with Crippen LogP contribution in [0.15, 0.2) is 10.9 Å². The van der Waals surface area contributed by atoms with Crippen molar-refractivity contribution in [3.05, 3.63) is 37.7 Å². The molecule has 1 aromatic rings. The zero-order valence-corrected chi connectivity index (χ0v) is 8.12. The van der Waals surface area contributed by atoms with Gasteiger partial charge in [-0.3, -0.25) is 4.79 Å². The van der Waals surface area contributed by atoms with Crippen LogP contribution in [0.1, 0.15) is 22.3 Å². The van der Waals surface area contributed by atoms with Gasteiger partial charge in [0.1, 0.15) is 11.1 Å². The van der Waals surface area contributed by atoms with Crippen molar-refractivity contribution in [2.24, 2.45) is 0 Å². The molecule has 0 atom stereocenters. The molecule has 0 aliphatic heterocycles. The molecule has 1 rings (SSSR count). The molecule has 0 aliphatic carbocycles. The van der Waals surface area contributed by atoms with E-state index in [4.69, 9.17) is 11.6 Å². The van der Waals surface area contributed by atoms with Gasteiger partial charge in [-0.1, -0.05) is 0 Å². The number of nitrogens with one attached hydrogen (secondary N) is 1. The van der Waals surface area contributed by atoms with Gasteiger partial charge >= 0.3 is 11.4 Å². The van der Waals surface area contributed by atoms with Crippen molar-refractivity contribution in [3.63, 3.8) is 0 Å². The number of aromatic amines is 1. The molecule has 0 saturated heterocycles. The third-order valence-corrected chi connectivity index (χ3v) is 1.88. The predicted octanol–water partition coefficient (Wildman–Crippen LogP) is 1.60. The largest absolute Gasteiger partial charge is 0.358 e. The second kappa shape index (κ2) is 4.35. The zero-order valence-electron chi connectivity index (χ0n) is 7.37. The number of carbonyl (C=O) groups is 1. The highest BCUT2D eigenvalue weighted by molar-refractivity contribution is 6.67. The number of nitro groups is 1. The van der Waals surface area contributed by atoms with Crippen LogP contribution < -0.4 is 5.56 Å². The standard InChI is InChI=1S/C7H3ClF2N2O4/c8-4(13)2-1-3(5(9)10)6(12(15)16)11-7(2)14/h1,5H,(H,11,14). The van der Waals surface area contributed by atoms with Crippen molar-refractivity contribution in [2.75, 3.05) is 0 Å². The monoisotopic (exact) mass is 252 g/mol. The molecule has 0 unspecified atom stereocenters. The van der Waals surface area contributed by atoms with Gasteiger partial charge in [-0.25, -0.2) is 18.6 Å². The second-order valence-corrected chi connectivity index (χ2v) is 2.99. The van der Waals surface area contributed by atoms with Gasteiger partial charge in [-0.2, -0.15) is 0 Å². The van der Waals surface area contributed by atoms with Crippen molar-refractivity contribution in [1.82, 2.24) is 4.98 Å². The van der Waals surface area contributed by atoms with E-state index in [9.17, 15) is 28.5 Å². The van der Waals surface area contributed by atoms with Crippen LogP contribution in [0.5, 0.6) is 0 Å². The molecule has 0 amide bonds. The van der Waals surface area contributed by atoms with Gasteiger partial charge in [-0.05, 0) is 22.6 Å². The summed E-state index contributed by atoms with van der Waals surface area (Å²) in [5, 5.41) is 9.08. The van der Waals surface area contributed by atoms with Gasteiger partial charge in [-0.15, -0.1) is 0 Å². The summed E-state index contributed by atoms with van der Waals surface area (Å²) in [5.74, 6) is -1.15. The maximum Gasteiger partial charge on any atom is 0.344 e. The molecule has 1 heterocycles. The molecule has 0 aromatic carbocycles. The number of carbonyl (C=O) groups excluding carboxylic acids is 1. The molecule has 0 spiro atoms.